The molecule has 4 rings (SSSR count). The van der Waals surface area contributed by atoms with Crippen molar-refractivity contribution in [2.45, 2.75) is 17.7 Å². The molecule has 1 aliphatic carbocycles. The number of hydrogen-bond donors (Lipinski definition) is 2. The lowest BCUT2D eigenvalue weighted by molar-refractivity contribution is -0.147. The number of aromatic amines is 1. The number of fused-ring (bicyclic) bond motifs is 2. The lowest BCUT2D eigenvalue weighted by Gasteiger charge is -2.42. The minimum Gasteiger partial charge on any atom is -0.481 e. The van der Waals surface area contributed by atoms with Gasteiger partial charge in [0, 0.05) is 13.1 Å². The van der Waals surface area contributed by atoms with E-state index in [1.807, 2.05) is 0 Å². The van der Waals surface area contributed by atoms with Crippen LogP contribution in [0.15, 0.2) is 28.8 Å². The highest BCUT2D eigenvalue weighted by molar-refractivity contribution is 7.89. The lowest BCUT2D eigenvalue weighted by Crippen LogP contribution is -2.53. The molecule has 0 amide bonds. The Morgan fingerprint density at radius 1 is 1.25 bits per heavy atom. The van der Waals surface area contributed by atoms with Crippen LogP contribution in [0.3, 0.4) is 0 Å². The molecular formula is C17H14F3N3O4S. The Labute approximate surface area is 157 Å². The third kappa shape index (κ3) is 2.65. The molecule has 28 heavy (non-hydrogen) atoms. The normalized spacial score (nSPS) is 22.3. The van der Waals surface area contributed by atoms with E-state index in [-0.39, 0.29) is 19.4 Å². The monoisotopic (exact) mass is 413 g/mol. The Morgan fingerprint density at radius 2 is 1.93 bits per heavy atom. The largest absolute Gasteiger partial charge is 0.481 e. The van der Waals surface area contributed by atoms with Crippen LogP contribution in [0.2, 0.25) is 0 Å². The second-order valence-corrected chi connectivity index (χ2v) is 8.77. The van der Waals surface area contributed by atoms with E-state index in [0.717, 1.165) is 4.31 Å². The first-order valence-electron chi connectivity index (χ1n) is 8.26. The van der Waals surface area contributed by atoms with Crippen LogP contribution in [-0.4, -0.2) is 47.1 Å². The molecule has 2 N–H and O–H groups in total. The van der Waals surface area contributed by atoms with Crippen molar-refractivity contribution in [3.63, 3.8) is 0 Å². The first-order chi connectivity index (χ1) is 13.1. The summed E-state index contributed by atoms with van der Waals surface area (Å²) in [5.74, 6) is -6.25. The highest BCUT2D eigenvalue weighted by Gasteiger charge is 2.51. The fourth-order valence-corrected chi connectivity index (χ4v) is 5.27. The number of carboxylic acids is 1. The van der Waals surface area contributed by atoms with Gasteiger partial charge in [-0.2, -0.15) is 9.40 Å². The van der Waals surface area contributed by atoms with Crippen molar-refractivity contribution in [1.29, 1.82) is 0 Å². The molecule has 0 bridgehead atoms. The molecule has 1 atom stereocenters. The number of rotatable bonds is 3. The van der Waals surface area contributed by atoms with Gasteiger partial charge in [-0.1, -0.05) is 0 Å². The number of carbonyl (C=O) groups is 1. The fraction of sp³-hybridized carbons (Fsp3) is 0.294. The summed E-state index contributed by atoms with van der Waals surface area (Å²) in [7, 11) is -4.44. The first kappa shape index (κ1) is 18.7. The lowest BCUT2D eigenvalue weighted by atomic mass is 9.69. The van der Waals surface area contributed by atoms with Crippen molar-refractivity contribution in [3.05, 3.63) is 52.6 Å². The molecule has 11 heteroatoms. The minimum absolute atomic E-state index is 0.0260. The topological polar surface area (TPSA) is 103 Å². The van der Waals surface area contributed by atoms with E-state index in [9.17, 15) is 31.5 Å². The number of sulfonamides is 1. The van der Waals surface area contributed by atoms with E-state index in [2.05, 4.69) is 10.2 Å². The number of aromatic nitrogens is 2. The van der Waals surface area contributed by atoms with Gasteiger partial charge in [0.25, 0.3) is 0 Å². The number of halogens is 3. The summed E-state index contributed by atoms with van der Waals surface area (Å²) in [5.41, 5.74) is 0.328. The summed E-state index contributed by atoms with van der Waals surface area (Å²) < 4.78 is 66.9. The molecule has 2 aliphatic rings. The van der Waals surface area contributed by atoms with Crippen LogP contribution in [0.1, 0.15) is 17.7 Å². The molecule has 148 valence electrons. The first-order valence-corrected chi connectivity index (χ1v) is 9.70. The Balaban J connectivity index is 1.75. The van der Waals surface area contributed by atoms with E-state index in [4.69, 9.17) is 0 Å². The van der Waals surface area contributed by atoms with Crippen molar-refractivity contribution >= 4 is 22.1 Å². The van der Waals surface area contributed by atoms with Gasteiger partial charge >= 0.3 is 5.97 Å². The maximum atomic E-state index is 13.5. The SMILES string of the molecule is O=C(O)C12Cc3cn[nH]c3C=C1CCN(S(=O)(=O)c1cc(F)c(F)c(F)c1)C2. The molecule has 7 nitrogen and oxygen atoms in total. The van der Waals surface area contributed by atoms with E-state index in [0.29, 0.717) is 29.0 Å². The van der Waals surface area contributed by atoms with Gasteiger partial charge in [-0.25, -0.2) is 21.6 Å². The van der Waals surface area contributed by atoms with E-state index < -0.39 is 50.3 Å². The number of carboxylic acid groups (broad SMARTS) is 1. The molecule has 1 aromatic carbocycles. The minimum atomic E-state index is -4.44. The Morgan fingerprint density at radius 3 is 2.57 bits per heavy atom. The standard InChI is InChI=1S/C17H14F3N3O4S/c18-12-4-11(5-13(19)15(12)20)28(26,27)23-2-1-10-3-14-9(7-21-22-14)6-17(10,8-23)16(24)25/h3-5,7H,1-2,6,8H2,(H,21,22)(H,24,25). The molecule has 0 radical (unpaired) electrons. The van der Waals surface area contributed by atoms with Gasteiger partial charge in [-0.3, -0.25) is 9.89 Å². The third-order valence-corrected chi connectivity index (χ3v) is 7.08. The molecule has 2 aromatic rings. The summed E-state index contributed by atoms with van der Waals surface area (Å²) in [5, 5.41) is 16.5. The smallest absolute Gasteiger partial charge is 0.315 e. The zero-order valence-electron chi connectivity index (χ0n) is 14.2. The van der Waals surface area contributed by atoms with Gasteiger partial charge in [0.2, 0.25) is 10.0 Å². The molecule has 1 aliphatic heterocycles. The second kappa shape index (κ2) is 6.17. The second-order valence-electron chi connectivity index (χ2n) is 6.83. The maximum absolute atomic E-state index is 13.5. The van der Waals surface area contributed by atoms with Gasteiger partial charge in [0.15, 0.2) is 17.5 Å². The number of nitrogens with zero attached hydrogens (tertiary/aromatic N) is 2. The van der Waals surface area contributed by atoms with Crippen molar-refractivity contribution in [1.82, 2.24) is 14.5 Å². The van der Waals surface area contributed by atoms with Crippen LogP contribution in [0, 0.1) is 22.9 Å². The van der Waals surface area contributed by atoms with Crippen LogP contribution in [0.5, 0.6) is 0 Å². The van der Waals surface area contributed by atoms with Crippen LogP contribution >= 0.6 is 0 Å². The van der Waals surface area contributed by atoms with Crippen molar-refractivity contribution < 1.29 is 31.5 Å². The third-order valence-electron chi connectivity index (χ3n) is 5.26. The number of aliphatic carboxylic acids is 1. The summed E-state index contributed by atoms with van der Waals surface area (Å²) >= 11 is 0. The van der Waals surface area contributed by atoms with Gasteiger partial charge < -0.3 is 5.11 Å². The number of benzene rings is 1. The van der Waals surface area contributed by atoms with Gasteiger partial charge in [-0.15, -0.1) is 0 Å². The molecular weight excluding hydrogens is 399 g/mol. The Bertz CT molecular complexity index is 1110. The van der Waals surface area contributed by atoms with Crippen LogP contribution in [0.4, 0.5) is 13.2 Å². The van der Waals surface area contributed by atoms with Crippen LogP contribution in [0.25, 0.3) is 6.08 Å². The molecule has 0 spiro atoms. The van der Waals surface area contributed by atoms with Gasteiger partial charge in [0.05, 0.1) is 16.8 Å². The number of piperidine rings is 1. The van der Waals surface area contributed by atoms with Crippen molar-refractivity contribution in [2.75, 3.05) is 13.1 Å². The summed E-state index contributed by atoms with van der Waals surface area (Å²) in [6.07, 6.45) is 3.28. The Hall–Kier alpha value is -2.66. The van der Waals surface area contributed by atoms with Crippen LogP contribution in [-0.2, 0) is 21.2 Å². The zero-order valence-corrected chi connectivity index (χ0v) is 15.1. The van der Waals surface area contributed by atoms with E-state index in [1.54, 1.807) is 6.08 Å². The fourth-order valence-electron chi connectivity index (χ4n) is 3.75. The average molecular weight is 413 g/mol. The molecule has 1 aromatic heterocycles. The zero-order chi connectivity index (χ0) is 20.3. The number of nitrogens with one attached hydrogen (secondary N) is 1. The van der Waals surface area contributed by atoms with Gasteiger partial charge in [-0.05, 0) is 42.2 Å². The van der Waals surface area contributed by atoms with E-state index in [1.165, 1.54) is 6.20 Å². The molecule has 1 unspecified atom stereocenters. The quantitative estimate of drug-likeness (QED) is 0.749. The molecule has 2 heterocycles. The number of hydrogen-bond acceptors (Lipinski definition) is 4. The molecule has 0 saturated carbocycles. The maximum Gasteiger partial charge on any atom is 0.315 e. The molecule has 1 fully saturated rings. The van der Waals surface area contributed by atoms with Crippen LogP contribution < -0.4 is 0 Å². The average Bonchev–Trinajstić information content (AvgIpc) is 3.09. The highest BCUT2D eigenvalue weighted by atomic mass is 32.2. The predicted octanol–water partition coefficient (Wildman–Crippen LogP) is 1.93. The predicted molar refractivity (Wildman–Crippen MR) is 90.0 cm³/mol. The summed E-state index contributed by atoms with van der Waals surface area (Å²) in [6, 6.07) is 0.781. The number of H-pyrrole nitrogens is 1. The van der Waals surface area contributed by atoms with Crippen molar-refractivity contribution in [2.24, 2.45) is 5.41 Å². The summed E-state index contributed by atoms with van der Waals surface area (Å²) in [4.78, 5) is 11.4. The Kier molecular flexibility index (Phi) is 4.12. The molecule has 1 saturated heterocycles. The van der Waals surface area contributed by atoms with Crippen molar-refractivity contribution in [3.8, 4) is 0 Å². The van der Waals surface area contributed by atoms with E-state index >= 15 is 0 Å². The summed E-state index contributed by atoms with van der Waals surface area (Å²) in [6.45, 7) is -0.491. The highest BCUT2D eigenvalue weighted by Crippen LogP contribution is 2.44. The van der Waals surface area contributed by atoms with Gasteiger partial charge in [0.1, 0.15) is 5.41 Å².